The van der Waals surface area contributed by atoms with Crippen molar-refractivity contribution in [3.05, 3.63) is 47.4 Å². The lowest BCUT2D eigenvalue weighted by Gasteiger charge is -2.34. The maximum absolute atomic E-state index is 12.6. The van der Waals surface area contributed by atoms with Crippen LogP contribution in [0.25, 0.3) is 0 Å². The topological polar surface area (TPSA) is 75.0 Å². The molecule has 1 saturated heterocycles. The zero-order valence-electron chi connectivity index (χ0n) is 15.9. The van der Waals surface area contributed by atoms with Crippen LogP contribution in [0.4, 0.5) is 5.69 Å². The third kappa shape index (κ3) is 4.68. The first-order valence-corrected chi connectivity index (χ1v) is 8.99. The Morgan fingerprint density at radius 3 is 2.33 bits per heavy atom. The number of nitrogens with one attached hydrogen (secondary N) is 1. The van der Waals surface area contributed by atoms with E-state index >= 15 is 0 Å². The Hall–Kier alpha value is -2.80. The van der Waals surface area contributed by atoms with Crippen LogP contribution in [-0.4, -0.2) is 61.4 Å². The van der Waals surface area contributed by atoms with Gasteiger partial charge in [0.1, 0.15) is 17.3 Å². The Balaban J connectivity index is 1.48. The number of anilines is 1. The predicted octanol–water partition coefficient (Wildman–Crippen LogP) is 2.30. The van der Waals surface area contributed by atoms with Crippen LogP contribution in [-0.2, 0) is 4.79 Å². The standard InChI is InChI=1S/C20H25N3O4/c1-14-12-18(15(2)27-14)20(25)23-10-8-22(9-11-23)13-19(24)21-16-4-6-17(26-3)7-5-16/h4-7,12H,8-11,13H2,1-3H3,(H,21,24). The lowest BCUT2D eigenvalue weighted by Crippen LogP contribution is -2.50. The van der Waals surface area contributed by atoms with Crippen molar-refractivity contribution >= 4 is 17.5 Å². The lowest BCUT2D eigenvalue weighted by atomic mass is 10.2. The molecule has 27 heavy (non-hydrogen) atoms. The highest BCUT2D eigenvalue weighted by atomic mass is 16.5. The summed E-state index contributed by atoms with van der Waals surface area (Å²) in [7, 11) is 1.60. The molecule has 3 rings (SSSR count). The Morgan fingerprint density at radius 2 is 1.78 bits per heavy atom. The normalized spacial score (nSPS) is 14.9. The number of hydrogen-bond donors (Lipinski definition) is 1. The van der Waals surface area contributed by atoms with Gasteiger partial charge in [0.25, 0.3) is 5.91 Å². The maximum atomic E-state index is 12.6. The first-order valence-electron chi connectivity index (χ1n) is 8.99. The van der Waals surface area contributed by atoms with Gasteiger partial charge in [-0.3, -0.25) is 14.5 Å². The number of aryl methyl sites for hydroxylation is 2. The van der Waals surface area contributed by atoms with Crippen LogP contribution in [0, 0.1) is 13.8 Å². The van der Waals surface area contributed by atoms with Crippen LogP contribution in [0.1, 0.15) is 21.9 Å². The van der Waals surface area contributed by atoms with E-state index in [0.717, 1.165) is 17.2 Å². The number of amides is 2. The van der Waals surface area contributed by atoms with Crippen molar-refractivity contribution in [1.29, 1.82) is 0 Å². The van der Waals surface area contributed by atoms with E-state index in [1.54, 1.807) is 32.2 Å². The summed E-state index contributed by atoms with van der Waals surface area (Å²) in [6.45, 7) is 6.47. The number of hydrogen-bond acceptors (Lipinski definition) is 5. The number of carbonyl (C=O) groups is 2. The maximum Gasteiger partial charge on any atom is 0.257 e. The highest BCUT2D eigenvalue weighted by molar-refractivity contribution is 5.95. The molecule has 2 amide bonds. The highest BCUT2D eigenvalue weighted by Crippen LogP contribution is 2.18. The molecule has 7 heteroatoms. The van der Waals surface area contributed by atoms with Crippen LogP contribution in [0.5, 0.6) is 5.75 Å². The molecular weight excluding hydrogens is 346 g/mol. The monoisotopic (exact) mass is 371 g/mol. The SMILES string of the molecule is COc1ccc(NC(=O)CN2CCN(C(=O)c3cc(C)oc3C)CC2)cc1. The molecule has 144 valence electrons. The summed E-state index contributed by atoms with van der Waals surface area (Å²) >= 11 is 0. The summed E-state index contributed by atoms with van der Waals surface area (Å²) in [5, 5.41) is 2.88. The van der Waals surface area contributed by atoms with Gasteiger partial charge >= 0.3 is 0 Å². The van der Waals surface area contributed by atoms with Crippen molar-refractivity contribution in [1.82, 2.24) is 9.80 Å². The molecule has 0 atom stereocenters. The molecular formula is C20H25N3O4. The van der Waals surface area contributed by atoms with Crippen molar-refractivity contribution in [2.24, 2.45) is 0 Å². The average Bonchev–Trinajstić information content (AvgIpc) is 3.00. The van der Waals surface area contributed by atoms with Crippen molar-refractivity contribution in [3.8, 4) is 5.75 Å². The zero-order valence-corrected chi connectivity index (χ0v) is 15.9. The summed E-state index contributed by atoms with van der Waals surface area (Å²) in [6.07, 6.45) is 0. The van der Waals surface area contributed by atoms with Gasteiger partial charge in [-0.25, -0.2) is 0 Å². The van der Waals surface area contributed by atoms with Crippen LogP contribution >= 0.6 is 0 Å². The molecule has 2 heterocycles. The number of rotatable bonds is 5. The van der Waals surface area contributed by atoms with E-state index < -0.39 is 0 Å². The van der Waals surface area contributed by atoms with Gasteiger partial charge in [-0.2, -0.15) is 0 Å². The molecule has 1 aromatic carbocycles. The largest absolute Gasteiger partial charge is 0.497 e. The summed E-state index contributed by atoms with van der Waals surface area (Å²) in [6, 6.07) is 9.01. The molecule has 0 spiro atoms. The molecule has 0 bridgehead atoms. The minimum Gasteiger partial charge on any atom is -0.497 e. The van der Waals surface area contributed by atoms with Crippen LogP contribution in [0.2, 0.25) is 0 Å². The molecule has 7 nitrogen and oxygen atoms in total. The van der Waals surface area contributed by atoms with E-state index in [0.29, 0.717) is 44.0 Å². The lowest BCUT2D eigenvalue weighted by molar-refractivity contribution is -0.117. The first kappa shape index (κ1) is 19.0. The number of furan rings is 1. The fourth-order valence-electron chi connectivity index (χ4n) is 3.20. The first-order chi connectivity index (χ1) is 13.0. The van der Waals surface area contributed by atoms with Gasteiger partial charge < -0.3 is 19.4 Å². The number of nitrogens with zero attached hydrogens (tertiary/aromatic N) is 2. The van der Waals surface area contributed by atoms with E-state index in [9.17, 15) is 9.59 Å². The average molecular weight is 371 g/mol. The molecule has 2 aromatic rings. The van der Waals surface area contributed by atoms with Crippen LogP contribution in [0.3, 0.4) is 0 Å². The minimum absolute atomic E-state index is 0.00770. The van der Waals surface area contributed by atoms with Crippen LogP contribution < -0.4 is 10.1 Å². The van der Waals surface area contributed by atoms with Gasteiger partial charge in [0.2, 0.25) is 5.91 Å². The fourth-order valence-corrected chi connectivity index (χ4v) is 3.20. The number of ether oxygens (including phenoxy) is 1. The number of carbonyl (C=O) groups excluding carboxylic acids is 2. The van der Waals surface area contributed by atoms with Crippen molar-refractivity contribution in [2.75, 3.05) is 45.2 Å². The van der Waals surface area contributed by atoms with Gasteiger partial charge in [0.15, 0.2) is 0 Å². The van der Waals surface area contributed by atoms with Crippen molar-refractivity contribution < 1.29 is 18.7 Å². The van der Waals surface area contributed by atoms with E-state index in [4.69, 9.17) is 9.15 Å². The molecule has 1 aromatic heterocycles. The predicted molar refractivity (Wildman–Crippen MR) is 102 cm³/mol. The second kappa shape index (κ2) is 8.26. The molecule has 0 unspecified atom stereocenters. The van der Waals surface area contributed by atoms with Gasteiger partial charge in [0.05, 0.1) is 19.2 Å². The molecule has 0 aliphatic carbocycles. The summed E-state index contributed by atoms with van der Waals surface area (Å²) in [4.78, 5) is 28.7. The van der Waals surface area contributed by atoms with Crippen LogP contribution in [0.15, 0.2) is 34.7 Å². The Morgan fingerprint density at radius 1 is 1.11 bits per heavy atom. The Labute approximate surface area is 158 Å². The quantitative estimate of drug-likeness (QED) is 0.873. The third-order valence-corrected chi connectivity index (χ3v) is 4.67. The van der Waals surface area contributed by atoms with Gasteiger partial charge in [-0.05, 0) is 44.2 Å². The number of methoxy groups -OCH3 is 1. The summed E-state index contributed by atoms with van der Waals surface area (Å²) in [5.41, 5.74) is 1.36. The summed E-state index contributed by atoms with van der Waals surface area (Å²) < 4.78 is 10.6. The van der Waals surface area contributed by atoms with Gasteiger partial charge in [-0.15, -0.1) is 0 Å². The van der Waals surface area contributed by atoms with Gasteiger partial charge in [-0.1, -0.05) is 0 Å². The van der Waals surface area contributed by atoms with Crippen molar-refractivity contribution in [3.63, 3.8) is 0 Å². The molecule has 1 aliphatic heterocycles. The van der Waals surface area contributed by atoms with E-state index in [2.05, 4.69) is 10.2 Å². The number of benzene rings is 1. The Kier molecular flexibility index (Phi) is 5.81. The Bertz CT molecular complexity index is 805. The molecule has 1 fully saturated rings. The summed E-state index contributed by atoms with van der Waals surface area (Å²) in [5.74, 6) is 2.06. The van der Waals surface area contributed by atoms with Gasteiger partial charge in [0, 0.05) is 31.9 Å². The minimum atomic E-state index is -0.0683. The zero-order chi connectivity index (χ0) is 19.4. The van der Waals surface area contributed by atoms with E-state index in [-0.39, 0.29) is 11.8 Å². The van der Waals surface area contributed by atoms with E-state index in [1.807, 2.05) is 24.0 Å². The highest BCUT2D eigenvalue weighted by Gasteiger charge is 2.25. The third-order valence-electron chi connectivity index (χ3n) is 4.67. The second-order valence-corrected chi connectivity index (χ2v) is 6.67. The van der Waals surface area contributed by atoms with Crippen molar-refractivity contribution in [2.45, 2.75) is 13.8 Å². The fraction of sp³-hybridized carbons (Fsp3) is 0.400. The molecule has 0 radical (unpaired) electrons. The second-order valence-electron chi connectivity index (χ2n) is 6.67. The number of piperazine rings is 1. The molecule has 1 N–H and O–H groups in total. The molecule has 1 aliphatic rings. The smallest absolute Gasteiger partial charge is 0.257 e. The molecule has 0 saturated carbocycles. The van der Waals surface area contributed by atoms with E-state index in [1.165, 1.54) is 0 Å².